The maximum atomic E-state index is 14.5. The molecule has 7 nitrogen and oxygen atoms in total. The van der Waals surface area contributed by atoms with Crippen molar-refractivity contribution in [1.82, 2.24) is 10.2 Å². The summed E-state index contributed by atoms with van der Waals surface area (Å²) in [5.41, 5.74) is 3.11. The first kappa shape index (κ1) is 39.8. The fourth-order valence-electron chi connectivity index (χ4n) is 6.79. The van der Waals surface area contributed by atoms with Gasteiger partial charge in [0.1, 0.15) is 17.7 Å². The summed E-state index contributed by atoms with van der Waals surface area (Å²) in [4.78, 5) is 44.9. The van der Waals surface area contributed by atoms with E-state index in [2.05, 4.69) is 39.6 Å². The molecule has 1 aromatic rings. The van der Waals surface area contributed by atoms with Gasteiger partial charge in [0.05, 0.1) is 12.7 Å². The van der Waals surface area contributed by atoms with E-state index in [-0.39, 0.29) is 29.2 Å². The molecule has 1 heterocycles. The number of hydrogen-bond acceptors (Lipinski definition) is 5. The molecule has 47 heavy (non-hydrogen) atoms. The number of allylic oxidation sites excluding steroid dienone is 2. The number of amides is 2. The molecular weight excluding hydrogens is 593 g/mol. The lowest BCUT2D eigenvalue weighted by Gasteiger charge is -2.48. The number of benzene rings is 1. The van der Waals surface area contributed by atoms with Crippen molar-refractivity contribution in [3.8, 4) is 0 Å². The fraction of sp³-hybridized carbons (Fsp3) is 0.590. The maximum Gasteiger partial charge on any atom is 0.275 e. The third kappa shape index (κ3) is 9.59. The number of nitrogens with zero attached hydrogens (tertiary/aromatic N) is 2. The van der Waals surface area contributed by atoms with Crippen LogP contribution in [0.2, 0.25) is 0 Å². The van der Waals surface area contributed by atoms with Gasteiger partial charge in [0.2, 0.25) is 5.91 Å². The average molecular weight is 652 g/mol. The van der Waals surface area contributed by atoms with Crippen molar-refractivity contribution in [3.63, 3.8) is 0 Å². The van der Waals surface area contributed by atoms with Crippen LogP contribution in [0.5, 0.6) is 0 Å². The van der Waals surface area contributed by atoms with Crippen LogP contribution in [0, 0.1) is 11.3 Å². The van der Waals surface area contributed by atoms with E-state index in [1.807, 2.05) is 42.2 Å². The third-order valence-corrected chi connectivity index (χ3v) is 10.3. The number of halogens is 1. The molecule has 2 N–H and O–H groups in total. The van der Waals surface area contributed by atoms with Crippen LogP contribution in [0.15, 0.2) is 65.2 Å². The SMILES string of the molecule is C=C/C(=C\C=C(/C)C(=O)NCCCC=O)C(CC)N1C(=O)C(c2ccc(C(CC)CF)cc2)=NC12CCC(C(C)(C)CC)CC2.CO. The van der Waals surface area contributed by atoms with Gasteiger partial charge < -0.3 is 20.1 Å². The summed E-state index contributed by atoms with van der Waals surface area (Å²) < 4.78 is 13.6. The summed E-state index contributed by atoms with van der Waals surface area (Å²) in [6, 6.07) is 7.41. The third-order valence-electron chi connectivity index (χ3n) is 10.3. The van der Waals surface area contributed by atoms with Crippen molar-refractivity contribution in [2.75, 3.05) is 20.3 Å². The van der Waals surface area contributed by atoms with Gasteiger partial charge >= 0.3 is 0 Å². The van der Waals surface area contributed by atoms with Gasteiger partial charge in [-0.2, -0.15) is 0 Å². The molecule has 2 amide bonds. The molecule has 1 aliphatic heterocycles. The number of nitrogens with one attached hydrogen (secondary N) is 1. The molecule has 1 saturated carbocycles. The molecule has 3 rings (SSSR count). The molecule has 2 unspecified atom stereocenters. The number of unbranched alkanes of at least 4 members (excludes halogenated alkanes) is 1. The van der Waals surface area contributed by atoms with Crippen LogP contribution in [-0.2, 0) is 14.4 Å². The molecule has 0 radical (unpaired) electrons. The summed E-state index contributed by atoms with van der Waals surface area (Å²) in [7, 11) is 1.00. The van der Waals surface area contributed by atoms with E-state index in [0.717, 1.165) is 62.2 Å². The summed E-state index contributed by atoms with van der Waals surface area (Å²) in [6.07, 6.45) is 13.3. The smallest absolute Gasteiger partial charge is 0.275 e. The highest BCUT2D eigenvalue weighted by atomic mass is 19.1. The molecule has 2 atom stereocenters. The molecular formula is C39H58FN3O4. The van der Waals surface area contributed by atoms with Crippen molar-refractivity contribution in [3.05, 3.63) is 71.3 Å². The standard InChI is InChI=1S/C38H54FN3O3.CH4O/c1-8-28(15-14-27(5)35(44)40-24-12-13-25-43)33(10-3)42-36(45)34(31-18-16-30(17-19-31)29(9-2)26-39)41-38(42)22-20-32(21-23-38)37(6,7)11-4;1-2/h8,14-19,25,29,32-33H,1,9-13,20-24,26H2,2-7H3,(H,40,44);2H,1H3/b27-14+,28-15+;. The van der Waals surface area contributed by atoms with Crippen LogP contribution in [0.25, 0.3) is 0 Å². The zero-order valence-corrected chi connectivity index (χ0v) is 29.8. The van der Waals surface area contributed by atoms with Crippen LogP contribution in [0.1, 0.15) is 116 Å². The number of aldehydes is 1. The highest BCUT2D eigenvalue weighted by Crippen LogP contribution is 2.49. The molecule has 1 aromatic carbocycles. The van der Waals surface area contributed by atoms with Gasteiger partial charge in [-0.3, -0.25) is 19.0 Å². The number of alkyl halides is 1. The lowest BCUT2D eigenvalue weighted by Crippen LogP contribution is -2.55. The second-order valence-electron chi connectivity index (χ2n) is 13.3. The zero-order valence-electron chi connectivity index (χ0n) is 29.8. The topological polar surface area (TPSA) is 99.1 Å². The van der Waals surface area contributed by atoms with Gasteiger partial charge in [-0.05, 0) is 74.3 Å². The first-order valence-electron chi connectivity index (χ1n) is 17.3. The highest BCUT2D eigenvalue weighted by molar-refractivity contribution is 6.46. The van der Waals surface area contributed by atoms with Gasteiger partial charge in [-0.1, -0.05) is 90.1 Å². The summed E-state index contributed by atoms with van der Waals surface area (Å²) in [5.74, 6) is 0.119. The summed E-state index contributed by atoms with van der Waals surface area (Å²) in [6.45, 7) is 16.8. The largest absolute Gasteiger partial charge is 0.400 e. The van der Waals surface area contributed by atoms with Crippen LogP contribution in [0.4, 0.5) is 4.39 Å². The molecule has 1 fully saturated rings. The Balaban J connectivity index is 0.00000376. The molecule has 260 valence electrons. The number of aliphatic hydroxyl groups excluding tert-OH is 1. The molecule has 1 aliphatic carbocycles. The normalized spacial score (nSPS) is 21.5. The second kappa shape index (κ2) is 18.8. The van der Waals surface area contributed by atoms with Gasteiger partial charge in [-0.15, -0.1) is 0 Å². The Hall–Kier alpha value is -3.39. The zero-order chi connectivity index (χ0) is 35.2. The fourth-order valence-corrected chi connectivity index (χ4v) is 6.79. The van der Waals surface area contributed by atoms with Crippen LogP contribution < -0.4 is 5.32 Å². The molecule has 8 heteroatoms. The first-order chi connectivity index (χ1) is 22.5. The van der Waals surface area contributed by atoms with Crippen molar-refractivity contribution in [2.24, 2.45) is 16.3 Å². The predicted molar refractivity (Wildman–Crippen MR) is 190 cm³/mol. The van der Waals surface area contributed by atoms with Gasteiger partial charge in [0, 0.05) is 37.1 Å². The van der Waals surface area contributed by atoms with E-state index in [1.165, 1.54) is 0 Å². The predicted octanol–water partition coefficient (Wildman–Crippen LogP) is 7.64. The van der Waals surface area contributed by atoms with E-state index in [1.54, 1.807) is 19.1 Å². The molecule has 0 aromatic heterocycles. The van der Waals surface area contributed by atoms with Crippen LogP contribution in [-0.4, -0.2) is 65.9 Å². The van der Waals surface area contributed by atoms with Crippen molar-refractivity contribution < 1.29 is 23.9 Å². The van der Waals surface area contributed by atoms with E-state index in [9.17, 15) is 18.8 Å². The van der Waals surface area contributed by atoms with E-state index >= 15 is 0 Å². The van der Waals surface area contributed by atoms with Gasteiger partial charge in [-0.25, -0.2) is 0 Å². The molecule has 2 aliphatic rings. The number of aliphatic hydroxyl groups is 1. The number of rotatable bonds is 16. The minimum Gasteiger partial charge on any atom is -0.400 e. The summed E-state index contributed by atoms with van der Waals surface area (Å²) in [5, 5.41) is 9.85. The molecule has 1 spiro atoms. The van der Waals surface area contributed by atoms with E-state index in [4.69, 9.17) is 10.1 Å². The van der Waals surface area contributed by atoms with Gasteiger partial charge in [0.25, 0.3) is 5.91 Å². The van der Waals surface area contributed by atoms with Crippen molar-refractivity contribution in [2.45, 2.75) is 117 Å². The Morgan fingerprint density at radius 1 is 1.15 bits per heavy atom. The van der Waals surface area contributed by atoms with Crippen molar-refractivity contribution >= 4 is 23.8 Å². The Morgan fingerprint density at radius 3 is 2.30 bits per heavy atom. The average Bonchev–Trinajstić information content (AvgIpc) is 3.37. The van der Waals surface area contributed by atoms with E-state index < -0.39 is 12.3 Å². The van der Waals surface area contributed by atoms with Crippen LogP contribution in [0.3, 0.4) is 0 Å². The first-order valence-corrected chi connectivity index (χ1v) is 17.3. The highest BCUT2D eigenvalue weighted by Gasteiger charge is 2.52. The minimum absolute atomic E-state index is 0.0956. The summed E-state index contributed by atoms with van der Waals surface area (Å²) >= 11 is 0. The lowest BCUT2D eigenvalue weighted by atomic mass is 9.67. The second-order valence-corrected chi connectivity index (χ2v) is 13.3. The van der Waals surface area contributed by atoms with Crippen LogP contribution >= 0.6 is 0 Å². The Morgan fingerprint density at radius 2 is 1.79 bits per heavy atom. The van der Waals surface area contributed by atoms with Gasteiger partial charge in [0.15, 0.2) is 0 Å². The van der Waals surface area contributed by atoms with Crippen molar-refractivity contribution in [1.29, 1.82) is 0 Å². The van der Waals surface area contributed by atoms with E-state index in [0.29, 0.717) is 49.4 Å². The monoisotopic (exact) mass is 651 g/mol. The minimum atomic E-state index is -0.659. The maximum absolute atomic E-state index is 14.5. The molecule has 0 bridgehead atoms. The number of carbonyl (C=O) groups is 3. The Kier molecular flexibility index (Phi) is 15.9. The number of aliphatic imine (C=N–C) groups is 1. The number of hydrogen-bond donors (Lipinski definition) is 2. The Labute approximate surface area is 282 Å². The lowest BCUT2D eigenvalue weighted by molar-refractivity contribution is -0.132. The number of carbonyl (C=O) groups excluding carboxylic acids is 3. The Bertz CT molecular complexity index is 1290. The quantitative estimate of drug-likeness (QED) is 0.0831. The molecule has 0 saturated heterocycles.